The van der Waals surface area contributed by atoms with E-state index >= 15 is 0 Å². The molecule has 218 valence electrons. The fraction of sp³-hybridized carbons (Fsp3) is 0.444. The average molecular weight is 600 g/mol. The number of nitrogens with zero attached hydrogens (tertiary/aromatic N) is 5. The van der Waals surface area contributed by atoms with Gasteiger partial charge in [0.25, 0.3) is 5.91 Å². The lowest BCUT2D eigenvalue weighted by Gasteiger charge is -2.27. The number of aromatic nitrogens is 3. The van der Waals surface area contributed by atoms with Crippen LogP contribution in [0.3, 0.4) is 0 Å². The predicted octanol–water partition coefficient (Wildman–Crippen LogP) is 2.02. The maximum atomic E-state index is 13.8. The number of rotatable bonds is 4. The molecule has 1 fully saturated rings. The Morgan fingerprint density at radius 1 is 1.10 bits per heavy atom. The van der Waals surface area contributed by atoms with Gasteiger partial charge in [-0.05, 0) is 32.3 Å². The van der Waals surface area contributed by atoms with Crippen LogP contribution in [-0.2, 0) is 26.2 Å². The quantitative estimate of drug-likeness (QED) is 0.467. The molecule has 1 saturated heterocycles. The lowest BCUT2D eigenvalue weighted by molar-refractivity contribution is -0.138. The Morgan fingerprint density at radius 3 is 2.63 bits per heavy atom. The summed E-state index contributed by atoms with van der Waals surface area (Å²) in [6, 6.07) is 9.67. The number of nitrogens with one attached hydrogen (secondary N) is 2. The monoisotopic (exact) mass is 599 g/mol. The van der Waals surface area contributed by atoms with E-state index < -0.39 is 22.1 Å². The Kier molecular flexibility index (Phi) is 8.52. The summed E-state index contributed by atoms with van der Waals surface area (Å²) in [7, 11) is -2.50. The molecule has 5 rings (SSSR count). The number of carbonyl (C=O) groups is 3. The summed E-state index contributed by atoms with van der Waals surface area (Å²) in [6.07, 6.45) is 1.69. The van der Waals surface area contributed by atoms with Crippen LogP contribution in [0.5, 0.6) is 0 Å². The van der Waals surface area contributed by atoms with Crippen LogP contribution in [0.4, 0.5) is 0 Å². The second kappa shape index (κ2) is 12.1. The summed E-state index contributed by atoms with van der Waals surface area (Å²) in [5.41, 5.74) is 0.793. The molecule has 41 heavy (non-hydrogen) atoms. The van der Waals surface area contributed by atoms with Gasteiger partial charge in [0.15, 0.2) is 5.82 Å². The summed E-state index contributed by atoms with van der Waals surface area (Å²) in [4.78, 5) is 45.1. The molecule has 14 heteroatoms. The van der Waals surface area contributed by atoms with Gasteiger partial charge in [0.1, 0.15) is 11.9 Å². The van der Waals surface area contributed by atoms with Crippen LogP contribution in [0.1, 0.15) is 54.1 Å². The normalized spacial score (nSPS) is 21.1. The molecule has 2 N–H and O–H groups in total. The number of thiophene rings is 1. The topological polar surface area (TPSA) is 147 Å². The van der Waals surface area contributed by atoms with Crippen molar-refractivity contribution >= 4 is 39.1 Å². The first-order valence-electron chi connectivity index (χ1n) is 13.6. The SMILES string of the molecule is CNC(=O)c1cc(S(=O)(=O)N2CCCC(=O)N3CCC[C@H]3C(=O)N[C@@H](C)c3nc(-c4ccccc4)nn3CC2)cs1. The van der Waals surface area contributed by atoms with E-state index in [4.69, 9.17) is 4.98 Å². The first-order chi connectivity index (χ1) is 19.7. The molecule has 2 aliphatic rings. The van der Waals surface area contributed by atoms with Gasteiger partial charge in [-0.2, -0.15) is 9.40 Å². The number of benzene rings is 1. The highest BCUT2D eigenvalue weighted by molar-refractivity contribution is 7.89. The minimum absolute atomic E-state index is 0.0255. The van der Waals surface area contributed by atoms with E-state index in [0.717, 1.165) is 23.3 Å². The van der Waals surface area contributed by atoms with E-state index in [0.29, 0.717) is 29.5 Å². The second-order valence-electron chi connectivity index (χ2n) is 10.1. The van der Waals surface area contributed by atoms with E-state index in [1.165, 1.54) is 22.8 Å². The zero-order chi connectivity index (χ0) is 29.1. The molecule has 0 saturated carbocycles. The van der Waals surface area contributed by atoms with Crippen molar-refractivity contribution in [1.82, 2.24) is 34.6 Å². The van der Waals surface area contributed by atoms with Crippen molar-refractivity contribution in [2.75, 3.05) is 26.7 Å². The molecule has 1 aromatic carbocycles. The van der Waals surface area contributed by atoms with Crippen LogP contribution < -0.4 is 10.6 Å². The van der Waals surface area contributed by atoms with Crippen LogP contribution in [0.25, 0.3) is 11.4 Å². The third-order valence-corrected chi connectivity index (χ3v) is 10.3. The highest BCUT2D eigenvalue weighted by Crippen LogP contribution is 2.26. The fourth-order valence-corrected chi connectivity index (χ4v) is 7.89. The van der Waals surface area contributed by atoms with Crippen LogP contribution in [0.15, 0.2) is 46.7 Å². The third kappa shape index (κ3) is 6.04. The summed E-state index contributed by atoms with van der Waals surface area (Å²) in [6.45, 7) is 2.61. The first-order valence-corrected chi connectivity index (χ1v) is 15.9. The number of hydrogen-bond acceptors (Lipinski definition) is 8. The van der Waals surface area contributed by atoms with Crippen molar-refractivity contribution in [3.05, 3.63) is 52.5 Å². The van der Waals surface area contributed by atoms with Crippen LogP contribution in [0.2, 0.25) is 0 Å². The molecule has 2 aliphatic heterocycles. The number of amides is 3. The van der Waals surface area contributed by atoms with E-state index in [9.17, 15) is 22.8 Å². The smallest absolute Gasteiger partial charge is 0.261 e. The van der Waals surface area contributed by atoms with Crippen molar-refractivity contribution in [2.24, 2.45) is 0 Å². The van der Waals surface area contributed by atoms with Crippen LogP contribution in [0, 0.1) is 0 Å². The molecular weight excluding hydrogens is 566 g/mol. The predicted molar refractivity (Wildman–Crippen MR) is 152 cm³/mol. The standard InChI is InChI=1S/C27H33N7O5S2/c1-18-25-30-24(19-8-4-3-5-9-19)31-34(25)15-14-32(41(38,39)20-16-22(40-17-20)27(37)28-2)12-7-11-23(35)33-13-6-10-21(33)26(36)29-18/h3-5,8-9,16-18,21H,6-7,10-15H2,1-2H3,(H,28,37)(H,29,36)/t18-,21-/m0/s1. The fourth-order valence-electron chi connectivity index (χ4n) is 5.21. The maximum Gasteiger partial charge on any atom is 0.261 e. The van der Waals surface area contributed by atoms with Gasteiger partial charge in [-0.1, -0.05) is 30.3 Å². The van der Waals surface area contributed by atoms with Crippen molar-refractivity contribution in [3.8, 4) is 11.4 Å². The highest BCUT2D eigenvalue weighted by Gasteiger charge is 2.36. The number of carbonyl (C=O) groups excluding carboxylic acids is 3. The Labute approximate surface area is 242 Å². The minimum atomic E-state index is -3.99. The zero-order valence-corrected chi connectivity index (χ0v) is 24.6. The van der Waals surface area contributed by atoms with Gasteiger partial charge < -0.3 is 15.5 Å². The molecule has 4 heterocycles. The lowest BCUT2D eigenvalue weighted by atomic mass is 10.1. The number of fused-ring (bicyclic) bond motifs is 2. The number of hydrogen-bond donors (Lipinski definition) is 2. The zero-order valence-electron chi connectivity index (χ0n) is 22.9. The van der Waals surface area contributed by atoms with Gasteiger partial charge in [0, 0.05) is 44.0 Å². The summed E-state index contributed by atoms with van der Waals surface area (Å²) >= 11 is 1.06. The number of sulfonamides is 1. The third-order valence-electron chi connectivity index (χ3n) is 7.38. The van der Waals surface area contributed by atoms with E-state index in [2.05, 4.69) is 15.7 Å². The Balaban J connectivity index is 1.51. The average Bonchev–Trinajstić information content (AvgIpc) is 3.74. The minimum Gasteiger partial charge on any atom is -0.354 e. The second-order valence-corrected chi connectivity index (χ2v) is 12.9. The van der Waals surface area contributed by atoms with Gasteiger partial charge >= 0.3 is 0 Å². The molecule has 0 unspecified atom stereocenters. The Hall–Kier alpha value is -3.62. The summed E-state index contributed by atoms with van der Waals surface area (Å²) < 4.78 is 30.5. The van der Waals surface area contributed by atoms with Crippen LogP contribution >= 0.6 is 11.3 Å². The molecule has 0 aliphatic carbocycles. The van der Waals surface area contributed by atoms with Crippen molar-refractivity contribution in [1.29, 1.82) is 0 Å². The molecular formula is C27H33N7O5S2. The molecule has 3 amide bonds. The highest BCUT2D eigenvalue weighted by atomic mass is 32.2. The van der Waals surface area contributed by atoms with Crippen LogP contribution in [-0.4, -0.2) is 82.8 Å². The molecule has 12 nitrogen and oxygen atoms in total. The Morgan fingerprint density at radius 2 is 1.88 bits per heavy atom. The van der Waals surface area contributed by atoms with Gasteiger partial charge in [-0.3, -0.25) is 14.4 Å². The first kappa shape index (κ1) is 28.9. The van der Waals surface area contributed by atoms with Gasteiger partial charge in [0.05, 0.1) is 22.4 Å². The van der Waals surface area contributed by atoms with Crippen molar-refractivity contribution < 1.29 is 22.8 Å². The maximum absolute atomic E-state index is 13.8. The molecule has 0 bridgehead atoms. The Bertz CT molecular complexity index is 1540. The van der Waals surface area contributed by atoms with Crippen molar-refractivity contribution in [2.45, 2.75) is 56.1 Å². The van der Waals surface area contributed by atoms with Gasteiger partial charge in [0.2, 0.25) is 21.8 Å². The van der Waals surface area contributed by atoms with Gasteiger partial charge in [-0.25, -0.2) is 18.1 Å². The van der Waals surface area contributed by atoms with E-state index in [1.807, 2.05) is 30.3 Å². The summed E-state index contributed by atoms with van der Waals surface area (Å²) in [5.74, 6) is 0.188. The molecule has 2 aromatic heterocycles. The molecule has 2 atom stereocenters. The van der Waals surface area contributed by atoms with Gasteiger partial charge in [-0.15, -0.1) is 11.3 Å². The molecule has 3 aromatic rings. The lowest BCUT2D eigenvalue weighted by Crippen LogP contribution is -2.47. The molecule has 0 spiro atoms. The van der Waals surface area contributed by atoms with E-state index in [-0.39, 0.29) is 55.1 Å². The summed E-state index contributed by atoms with van der Waals surface area (Å²) in [5, 5.41) is 11.7. The molecule has 0 radical (unpaired) electrons. The van der Waals surface area contributed by atoms with E-state index in [1.54, 1.807) is 16.5 Å². The van der Waals surface area contributed by atoms with Crippen molar-refractivity contribution in [3.63, 3.8) is 0 Å². The largest absolute Gasteiger partial charge is 0.354 e.